The molecule has 1 heterocycles. The van der Waals surface area contributed by atoms with Crippen molar-refractivity contribution in [3.8, 4) is 0 Å². The first-order valence-corrected chi connectivity index (χ1v) is 10.7. The summed E-state index contributed by atoms with van der Waals surface area (Å²) in [5.74, 6) is 1.01. The van der Waals surface area contributed by atoms with Crippen molar-refractivity contribution < 1.29 is 9.13 Å². The molecule has 28 heavy (non-hydrogen) atoms. The number of benzene rings is 1. The number of rotatable bonds is 8. The lowest BCUT2D eigenvalue weighted by Crippen LogP contribution is -2.49. The predicted octanol–water partition coefficient (Wildman–Crippen LogP) is 3.13. The van der Waals surface area contributed by atoms with Gasteiger partial charge in [0.1, 0.15) is 5.82 Å². The Morgan fingerprint density at radius 3 is 2.68 bits per heavy atom. The predicted molar refractivity (Wildman–Crippen MR) is 112 cm³/mol. The molecule has 156 valence electrons. The highest BCUT2D eigenvalue weighted by Crippen LogP contribution is 2.41. The Hall–Kier alpha value is -1.66. The molecule has 0 bridgehead atoms. The van der Waals surface area contributed by atoms with Crippen LogP contribution in [0.1, 0.15) is 51.5 Å². The number of nitrogens with zero attached hydrogens (tertiary/aromatic N) is 2. The van der Waals surface area contributed by atoms with Crippen molar-refractivity contribution >= 4 is 5.96 Å². The molecule has 2 N–H and O–H groups in total. The number of likely N-dealkylation sites (tertiary alicyclic amines) is 1. The van der Waals surface area contributed by atoms with Crippen LogP contribution in [0.5, 0.6) is 0 Å². The van der Waals surface area contributed by atoms with Gasteiger partial charge in [-0.1, -0.05) is 18.2 Å². The zero-order chi connectivity index (χ0) is 19.9. The summed E-state index contributed by atoms with van der Waals surface area (Å²) >= 11 is 0. The first-order valence-electron chi connectivity index (χ1n) is 10.7. The van der Waals surface area contributed by atoms with E-state index in [0.29, 0.717) is 12.1 Å². The van der Waals surface area contributed by atoms with Crippen molar-refractivity contribution in [1.29, 1.82) is 0 Å². The van der Waals surface area contributed by atoms with Crippen LogP contribution in [0, 0.1) is 5.82 Å². The summed E-state index contributed by atoms with van der Waals surface area (Å²) in [7, 11) is 0. The molecule has 0 radical (unpaired) electrons. The van der Waals surface area contributed by atoms with Crippen LogP contribution >= 0.6 is 0 Å². The van der Waals surface area contributed by atoms with Gasteiger partial charge in [-0.3, -0.25) is 4.99 Å². The molecule has 1 aromatic rings. The highest BCUT2D eigenvalue weighted by Gasteiger charge is 2.40. The standard InChI is InChI=1S/C22H35FN4O/c1-4-24-22(26-21-15-19(21)18-7-5-6-8-20(18)23)25-17-9-11-27(12-10-17)13-14-28-16(2)3/h5-8,16-17,19,21H,4,9-15H2,1-3H3,(H2,24,25,26). The molecular formula is C22H35FN4O. The molecular weight excluding hydrogens is 355 g/mol. The van der Waals surface area contributed by atoms with Crippen LogP contribution in [0.15, 0.2) is 29.3 Å². The van der Waals surface area contributed by atoms with E-state index < -0.39 is 0 Å². The third-order valence-electron chi connectivity index (χ3n) is 5.52. The molecule has 0 amide bonds. The zero-order valence-electron chi connectivity index (χ0n) is 17.5. The van der Waals surface area contributed by atoms with Crippen LogP contribution in [0.4, 0.5) is 4.39 Å². The molecule has 0 spiro atoms. The molecule has 0 aromatic heterocycles. The molecule has 2 unspecified atom stereocenters. The van der Waals surface area contributed by atoms with E-state index >= 15 is 0 Å². The number of ether oxygens (including phenoxy) is 1. The summed E-state index contributed by atoms with van der Waals surface area (Å²) in [5.41, 5.74) is 0.813. The molecule has 1 aliphatic heterocycles. The maximum Gasteiger partial charge on any atom is 0.191 e. The van der Waals surface area contributed by atoms with Crippen LogP contribution in [0.3, 0.4) is 0 Å². The molecule has 2 fully saturated rings. The Kier molecular flexibility index (Phi) is 7.68. The number of halogens is 1. The average molecular weight is 391 g/mol. The van der Waals surface area contributed by atoms with Gasteiger partial charge in [0, 0.05) is 44.2 Å². The van der Waals surface area contributed by atoms with Crippen molar-refractivity contribution in [3.05, 3.63) is 35.6 Å². The second-order valence-corrected chi connectivity index (χ2v) is 8.12. The molecule has 5 nitrogen and oxygen atoms in total. The number of piperidine rings is 1. The largest absolute Gasteiger partial charge is 0.377 e. The van der Waals surface area contributed by atoms with Gasteiger partial charge in [0.05, 0.1) is 12.7 Å². The van der Waals surface area contributed by atoms with E-state index in [2.05, 4.69) is 34.4 Å². The summed E-state index contributed by atoms with van der Waals surface area (Å²) in [6, 6.07) is 7.80. The molecule has 3 rings (SSSR count). The van der Waals surface area contributed by atoms with E-state index in [1.54, 1.807) is 12.1 Å². The fourth-order valence-corrected chi connectivity index (χ4v) is 3.85. The fourth-order valence-electron chi connectivity index (χ4n) is 3.85. The van der Waals surface area contributed by atoms with Crippen molar-refractivity contribution in [1.82, 2.24) is 15.5 Å². The van der Waals surface area contributed by atoms with Crippen LogP contribution in [0.25, 0.3) is 0 Å². The Morgan fingerprint density at radius 2 is 2.00 bits per heavy atom. The van der Waals surface area contributed by atoms with E-state index in [9.17, 15) is 4.39 Å². The number of aliphatic imine (C=N–C) groups is 1. The minimum absolute atomic E-state index is 0.104. The highest BCUT2D eigenvalue weighted by molar-refractivity contribution is 5.81. The van der Waals surface area contributed by atoms with Crippen molar-refractivity contribution in [2.24, 2.45) is 4.99 Å². The minimum atomic E-state index is -0.104. The number of hydrogen-bond donors (Lipinski definition) is 2. The lowest BCUT2D eigenvalue weighted by molar-refractivity contribution is 0.0532. The third kappa shape index (κ3) is 6.17. The van der Waals surface area contributed by atoms with Gasteiger partial charge in [-0.15, -0.1) is 0 Å². The Morgan fingerprint density at radius 1 is 1.25 bits per heavy atom. The maximum absolute atomic E-state index is 14.0. The second-order valence-electron chi connectivity index (χ2n) is 8.12. The first kappa shape index (κ1) is 21.1. The van der Waals surface area contributed by atoms with Gasteiger partial charge in [-0.2, -0.15) is 0 Å². The van der Waals surface area contributed by atoms with Crippen LogP contribution in [0.2, 0.25) is 0 Å². The first-order chi connectivity index (χ1) is 13.6. The van der Waals surface area contributed by atoms with Gasteiger partial charge in [-0.05, 0) is 51.7 Å². The summed E-state index contributed by atoms with van der Waals surface area (Å²) in [4.78, 5) is 7.08. The minimum Gasteiger partial charge on any atom is -0.377 e. The van der Waals surface area contributed by atoms with E-state index in [1.807, 2.05) is 19.1 Å². The third-order valence-corrected chi connectivity index (χ3v) is 5.52. The van der Waals surface area contributed by atoms with Gasteiger partial charge < -0.3 is 20.3 Å². The second kappa shape index (κ2) is 10.2. The van der Waals surface area contributed by atoms with E-state index in [0.717, 1.165) is 63.6 Å². The molecule has 2 atom stereocenters. The molecule has 1 aromatic carbocycles. The van der Waals surface area contributed by atoms with Gasteiger partial charge >= 0.3 is 0 Å². The molecule has 6 heteroatoms. The van der Waals surface area contributed by atoms with Crippen LogP contribution < -0.4 is 10.6 Å². The normalized spacial score (nSPS) is 23.8. The van der Waals surface area contributed by atoms with Crippen LogP contribution in [-0.2, 0) is 4.74 Å². The lowest BCUT2D eigenvalue weighted by atomic mass is 10.1. The fraction of sp³-hybridized carbons (Fsp3) is 0.682. The van der Waals surface area contributed by atoms with Crippen molar-refractivity contribution in [2.45, 2.75) is 64.1 Å². The summed E-state index contributed by atoms with van der Waals surface area (Å²) in [6.07, 6.45) is 3.47. The topological polar surface area (TPSA) is 48.9 Å². The Labute approximate surface area is 168 Å². The van der Waals surface area contributed by atoms with Gasteiger partial charge in [0.2, 0.25) is 0 Å². The Balaban J connectivity index is 1.43. The van der Waals surface area contributed by atoms with Crippen molar-refractivity contribution in [3.63, 3.8) is 0 Å². The monoisotopic (exact) mass is 390 g/mol. The number of hydrogen-bond acceptors (Lipinski definition) is 3. The quantitative estimate of drug-likeness (QED) is 0.529. The molecule has 1 aliphatic carbocycles. The van der Waals surface area contributed by atoms with Gasteiger partial charge in [0.25, 0.3) is 0 Å². The summed E-state index contributed by atoms with van der Waals surface area (Å²) < 4.78 is 19.7. The van der Waals surface area contributed by atoms with Gasteiger partial charge in [-0.25, -0.2) is 4.39 Å². The van der Waals surface area contributed by atoms with E-state index in [1.165, 1.54) is 0 Å². The highest BCUT2D eigenvalue weighted by atomic mass is 19.1. The molecule has 1 saturated heterocycles. The van der Waals surface area contributed by atoms with Crippen LogP contribution in [-0.4, -0.2) is 61.8 Å². The van der Waals surface area contributed by atoms with Gasteiger partial charge in [0.15, 0.2) is 5.96 Å². The zero-order valence-corrected chi connectivity index (χ0v) is 17.5. The Bertz CT molecular complexity index is 643. The SMILES string of the molecule is CCN=C(NC1CCN(CCOC(C)C)CC1)NC1CC1c1ccccc1F. The average Bonchev–Trinajstić information content (AvgIpc) is 3.42. The van der Waals surface area contributed by atoms with E-state index in [4.69, 9.17) is 4.74 Å². The maximum atomic E-state index is 14.0. The smallest absolute Gasteiger partial charge is 0.191 e. The van der Waals surface area contributed by atoms with E-state index in [-0.39, 0.29) is 17.8 Å². The molecule has 1 saturated carbocycles. The number of nitrogens with one attached hydrogen (secondary N) is 2. The summed E-state index contributed by atoms with van der Waals surface area (Å²) in [6.45, 7) is 10.9. The van der Waals surface area contributed by atoms with Crippen molar-refractivity contribution in [2.75, 3.05) is 32.8 Å². The molecule has 2 aliphatic rings. The summed E-state index contributed by atoms with van der Waals surface area (Å²) in [5, 5.41) is 7.11. The lowest BCUT2D eigenvalue weighted by Gasteiger charge is -2.33. The number of guanidine groups is 1.